The Morgan fingerprint density at radius 3 is 2.59 bits per heavy atom. The fraction of sp³-hybridized carbons (Fsp3) is 0.200. The van der Waals surface area contributed by atoms with Gasteiger partial charge in [-0.3, -0.25) is 14.2 Å². The highest BCUT2D eigenvalue weighted by Gasteiger charge is 2.18. The number of ether oxygens (including phenoxy) is 1. The molecule has 0 bridgehead atoms. The Kier molecular flexibility index (Phi) is 7.14. The first-order chi connectivity index (χ1) is 16.4. The third-order valence-corrected chi connectivity index (χ3v) is 6.77. The second-order valence-electron chi connectivity index (χ2n) is 7.62. The summed E-state index contributed by atoms with van der Waals surface area (Å²) in [4.78, 5) is 43.0. The number of aromatic nitrogens is 2. The molecule has 2 aromatic heterocycles. The zero-order chi connectivity index (χ0) is 24.2. The molecule has 7 nitrogen and oxygen atoms in total. The van der Waals surface area contributed by atoms with Crippen LogP contribution in [0, 0.1) is 13.8 Å². The average Bonchev–Trinajstić information content (AvgIpc) is 3.26. The van der Waals surface area contributed by atoms with E-state index in [1.807, 2.05) is 37.4 Å². The minimum Gasteiger partial charge on any atom is -0.462 e. The molecule has 0 aliphatic carbocycles. The van der Waals surface area contributed by atoms with Crippen molar-refractivity contribution in [2.75, 3.05) is 17.7 Å². The second kappa shape index (κ2) is 10.2. The SMILES string of the molecule is CCOC(=O)c1ccccc1NC(=O)CSc1nc2ccsc2c(=O)n1-c1cc(C)cc(C)c1. The number of thioether (sulfide) groups is 1. The molecule has 0 unspecified atom stereocenters. The van der Waals surface area contributed by atoms with E-state index >= 15 is 0 Å². The lowest BCUT2D eigenvalue weighted by atomic mass is 10.1. The number of rotatable bonds is 7. The third-order valence-electron chi connectivity index (χ3n) is 4.94. The van der Waals surface area contributed by atoms with Crippen LogP contribution in [0.4, 0.5) is 5.69 Å². The highest BCUT2D eigenvalue weighted by molar-refractivity contribution is 7.99. The summed E-state index contributed by atoms with van der Waals surface area (Å²) in [6.07, 6.45) is 0. The summed E-state index contributed by atoms with van der Waals surface area (Å²) in [6, 6.07) is 14.4. The fourth-order valence-electron chi connectivity index (χ4n) is 3.59. The monoisotopic (exact) mass is 493 g/mol. The zero-order valence-electron chi connectivity index (χ0n) is 19.0. The van der Waals surface area contributed by atoms with Gasteiger partial charge in [0.2, 0.25) is 5.91 Å². The van der Waals surface area contributed by atoms with Gasteiger partial charge in [-0.25, -0.2) is 9.78 Å². The number of nitrogens with zero attached hydrogens (tertiary/aromatic N) is 2. The molecule has 4 rings (SSSR count). The maximum atomic E-state index is 13.3. The molecular weight excluding hydrogens is 470 g/mol. The number of para-hydroxylation sites is 1. The van der Waals surface area contributed by atoms with Gasteiger partial charge in [-0.2, -0.15) is 0 Å². The topological polar surface area (TPSA) is 90.3 Å². The lowest BCUT2D eigenvalue weighted by molar-refractivity contribution is -0.113. The van der Waals surface area contributed by atoms with E-state index in [9.17, 15) is 14.4 Å². The van der Waals surface area contributed by atoms with Crippen LogP contribution in [0.5, 0.6) is 0 Å². The average molecular weight is 494 g/mol. The van der Waals surface area contributed by atoms with Crippen molar-refractivity contribution in [3.8, 4) is 5.69 Å². The van der Waals surface area contributed by atoms with E-state index < -0.39 is 5.97 Å². The Labute approximate surface area is 204 Å². The first-order valence-electron chi connectivity index (χ1n) is 10.6. The van der Waals surface area contributed by atoms with Gasteiger partial charge in [-0.1, -0.05) is 30.0 Å². The molecule has 0 aliphatic heterocycles. The van der Waals surface area contributed by atoms with Crippen molar-refractivity contribution in [2.24, 2.45) is 0 Å². The summed E-state index contributed by atoms with van der Waals surface area (Å²) in [5, 5.41) is 5.03. The molecule has 4 aromatic rings. The quantitative estimate of drug-likeness (QED) is 0.222. The van der Waals surface area contributed by atoms with Crippen LogP contribution >= 0.6 is 23.1 Å². The molecule has 0 saturated heterocycles. The normalized spacial score (nSPS) is 10.9. The van der Waals surface area contributed by atoms with Gasteiger partial charge < -0.3 is 10.1 Å². The molecule has 1 N–H and O–H groups in total. The van der Waals surface area contributed by atoms with Crippen LogP contribution in [0.1, 0.15) is 28.4 Å². The summed E-state index contributed by atoms with van der Waals surface area (Å²) in [6.45, 7) is 5.91. The number of anilines is 1. The van der Waals surface area contributed by atoms with Crippen molar-refractivity contribution in [3.05, 3.63) is 81.0 Å². The number of nitrogens with one attached hydrogen (secondary N) is 1. The molecule has 1 amide bonds. The van der Waals surface area contributed by atoms with Crippen LogP contribution in [0.2, 0.25) is 0 Å². The highest BCUT2D eigenvalue weighted by Crippen LogP contribution is 2.25. The van der Waals surface area contributed by atoms with E-state index in [4.69, 9.17) is 4.74 Å². The number of benzene rings is 2. The first-order valence-corrected chi connectivity index (χ1v) is 12.5. The van der Waals surface area contributed by atoms with Crippen LogP contribution in [0.3, 0.4) is 0 Å². The maximum absolute atomic E-state index is 13.3. The van der Waals surface area contributed by atoms with Crippen molar-refractivity contribution in [1.82, 2.24) is 9.55 Å². The molecule has 9 heteroatoms. The maximum Gasteiger partial charge on any atom is 0.340 e. The predicted octanol–water partition coefficient (Wildman–Crippen LogP) is 4.97. The third kappa shape index (κ3) is 5.05. The molecular formula is C25H23N3O4S2. The summed E-state index contributed by atoms with van der Waals surface area (Å²) < 4.78 is 7.19. The van der Waals surface area contributed by atoms with Gasteiger partial charge >= 0.3 is 5.97 Å². The smallest absolute Gasteiger partial charge is 0.340 e. The lowest BCUT2D eigenvalue weighted by Gasteiger charge is -2.14. The van der Waals surface area contributed by atoms with Crippen LogP contribution in [-0.4, -0.2) is 33.8 Å². The largest absolute Gasteiger partial charge is 0.462 e. The number of amides is 1. The Balaban J connectivity index is 1.63. The lowest BCUT2D eigenvalue weighted by Crippen LogP contribution is -2.22. The molecule has 0 atom stereocenters. The number of aryl methyl sites for hydroxylation is 2. The van der Waals surface area contributed by atoms with Crippen LogP contribution in [-0.2, 0) is 9.53 Å². The molecule has 0 radical (unpaired) electrons. The van der Waals surface area contributed by atoms with E-state index in [2.05, 4.69) is 10.3 Å². The fourth-order valence-corrected chi connectivity index (χ4v) is 5.16. The van der Waals surface area contributed by atoms with Crippen LogP contribution in [0.25, 0.3) is 15.9 Å². The summed E-state index contributed by atoms with van der Waals surface area (Å²) in [5.74, 6) is -0.822. The number of carbonyl (C=O) groups is 2. The van der Waals surface area contributed by atoms with Crippen molar-refractivity contribution < 1.29 is 14.3 Å². The summed E-state index contributed by atoms with van der Waals surface area (Å²) in [5.41, 5.74) is 3.86. The molecule has 0 saturated carbocycles. The number of thiophene rings is 1. The number of fused-ring (bicyclic) bond motifs is 1. The van der Waals surface area contributed by atoms with Crippen molar-refractivity contribution >= 4 is 50.9 Å². The number of hydrogen-bond donors (Lipinski definition) is 1. The van der Waals surface area contributed by atoms with Gasteiger partial charge in [0.1, 0.15) is 4.70 Å². The molecule has 0 fully saturated rings. The minimum atomic E-state index is -0.501. The van der Waals surface area contributed by atoms with Gasteiger partial charge in [0.15, 0.2) is 5.16 Å². The van der Waals surface area contributed by atoms with Crippen LogP contribution < -0.4 is 10.9 Å². The van der Waals surface area contributed by atoms with Gasteiger partial charge in [0.05, 0.1) is 34.8 Å². The summed E-state index contributed by atoms with van der Waals surface area (Å²) >= 11 is 2.51. The van der Waals surface area contributed by atoms with Crippen molar-refractivity contribution in [3.63, 3.8) is 0 Å². The van der Waals surface area contributed by atoms with Crippen molar-refractivity contribution in [2.45, 2.75) is 25.9 Å². The molecule has 34 heavy (non-hydrogen) atoms. The summed E-state index contributed by atoms with van der Waals surface area (Å²) in [7, 11) is 0. The first kappa shape index (κ1) is 23.7. The Morgan fingerprint density at radius 1 is 1.12 bits per heavy atom. The predicted molar refractivity (Wildman–Crippen MR) is 136 cm³/mol. The molecule has 0 spiro atoms. The van der Waals surface area contributed by atoms with Gasteiger partial charge in [0.25, 0.3) is 5.56 Å². The second-order valence-corrected chi connectivity index (χ2v) is 9.48. The van der Waals surface area contributed by atoms with E-state index in [1.54, 1.807) is 41.8 Å². The van der Waals surface area contributed by atoms with Gasteiger partial charge in [-0.05, 0) is 67.6 Å². The van der Waals surface area contributed by atoms with E-state index in [0.29, 0.717) is 26.7 Å². The van der Waals surface area contributed by atoms with Gasteiger partial charge in [0, 0.05) is 0 Å². The van der Waals surface area contributed by atoms with Gasteiger partial charge in [-0.15, -0.1) is 11.3 Å². The minimum absolute atomic E-state index is 0.00401. The number of carbonyl (C=O) groups excluding carboxylic acids is 2. The highest BCUT2D eigenvalue weighted by atomic mass is 32.2. The standard InChI is InChI=1S/C25H23N3O4S2/c1-4-32-24(31)18-7-5-6-8-19(18)26-21(29)14-34-25-27-20-9-10-33-22(20)23(30)28(25)17-12-15(2)11-16(3)13-17/h5-13H,4,14H2,1-3H3,(H,26,29). The zero-order valence-corrected chi connectivity index (χ0v) is 20.6. The van der Waals surface area contributed by atoms with Crippen molar-refractivity contribution in [1.29, 1.82) is 0 Å². The van der Waals surface area contributed by atoms with E-state index in [1.165, 1.54) is 23.1 Å². The number of hydrogen-bond acceptors (Lipinski definition) is 7. The number of esters is 1. The molecule has 174 valence electrons. The Hall–Kier alpha value is -3.43. The molecule has 0 aliphatic rings. The van der Waals surface area contributed by atoms with E-state index in [-0.39, 0.29) is 29.4 Å². The van der Waals surface area contributed by atoms with Crippen LogP contribution in [0.15, 0.2) is 63.9 Å². The molecule has 2 aromatic carbocycles. The Bertz CT molecular complexity index is 1420. The van der Waals surface area contributed by atoms with E-state index in [0.717, 1.165) is 11.1 Å². The Morgan fingerprint density at radius 2 is 1.85 bits per heavy atom. The molecule has 2 heterocycles.